The molecular weight excluding hydrogens is 481 g/mol. The molecule has 0 bridgehead atoms. The van der Waals surface area contributed by atoms with Gasteiger partial charge in [-0.25, -0.2) is 0 Å². The highest BCUT2D eigenvalue weighted by molar-refractivity contribution is 7.99. The normalized spacial score (nSPS) is 10.8. The fourth-order valence-corrected chi connectivity index (χ4v) is 3.82. The van der Waals surface area contributed by atoms with Gasteiger partial charge in [-0.3, -0.25) is 9.59 Å². The maximum absolute atomic E-state index is 12.3. The molecule has 0 fully saturated rings. The van der Waals surface area contributed by atoms with Crippen LogP contribution in [-0.4, -0.2) is 32.3 Å². The summed E-state index contributed by atoms with van der Waals surface area (Å²) in [4.78, 5) is 24.5. The van der Waals surface area contributed by atoms with Gasteiger partial charge in [0, 0.05) is 28.4 Å². The van der Waals surface area contributed by atoms with Gasteiger partial charge < -0.3 is 15.2 Å². The Hall–Kier alpha value is -3.07. The van der Waals surface area contributed by atoms with Crippen LogP contribution in [0.25, 0.3) is 6.08 Å². The van der Waals surface area contributed by atoms with E-state index in [1.165, 1.54) is 17.8 Å². The van der Waals surface area contributed by atoms with Crippen LogP contribution in [0, 0.1) is 0 Å². The van der Waals surface area contributed by atoms with Crippen molar-refractivity contribution in [3.63, 3.8) is 0 Å². The molecule has 3 rings (SSSR count). The molecule has 1 aromatic heterocycles. The van der Waals surface area contributed by atoms with E-state index >= 15 is 0 Å². The average Bonchev–Trinajstić information content (AvgIpc) is 3.19. The largest absolute Gasteiger partial charge is 0.345 e. The van der Waals surface area contributed by atoms with Gasteiger partial charge in [-0.05, 0) is 42.0 Å². The summed E-state index contributed by atoms with van der Waals surface area (Å²) in [5.74, 6) is 0.217. The van der Waals surface area contributed by atoms with Gasteiger partial charge in [0.1, 0.15) is 0 Å². The molecule has 2 amide bonds. The molecule has 3 aromatic rings. The van der Waals surface area contributed by atoms with Crippen LogP contribution < -0.4 is 10.6 Å². The summed E-state index contributed by atoms with van der Waals surface area (Å²) in [6.07, 6.45) is 4.75. The molecule has 0 unspecified atom stereocenters. The molecule has 0 aliphatic rings. The summed E-state index contributed by atoms with van der Waals surface area (Å²) in [5, 5.41) is 15.6. The predicted molar refractivity (Wildman–Crippen MR) is 133 cm³/mol. The number of nitrogens with one attached hydrogen (secondary N) is 2. The van der Waals surface area contributed by atoms with Crippen molar-refractivity contribution in [2.75, 3.05) is 11.1 Å². The lowest BCUT2D eigenvalue weighted by Crippen LogP contribution is -2.23. The van der Waals surface area contributed by atoms with Crippen molar-refractivity contribution in [1.29, 1.82) is 0 Å². The number of carbonyl (C=O) groups excluding carboxylic acids is 2. The highest BCUT2D eigenvalue weighted by Crippen LogP contribution is 2.19. The highest BCUT2D eigenvalue weighted by Gasteiger charge is 2.14. The van der Waals surface area contributed by atoms with Gasteiger partial charge in [-0.2, -0.15) is 0 Å². The molecule has 2 N–H and O–H groups in total. The number of rotatable bonds is 10. The van der Waals surface area contributed by atoms with Crippen LogP contribution in [-0.2, 0) is 22.7 Å². The number of amides is 2. The quantitative estimate of drug-likeness (QED) is 0.236. The van der Waals surface area contributed by atoms with Crippen molar-refractivity contribution in [3.8, 4) is 0 Å². The zero-order chi connectivity index (χ0) is 23.6. The van der Waals surface area contributed by atoms with Crippen molar-refractivity contribution < 1.29 is 9.59 Å². The van der Waals surface area contributed by atoms with Crippen molar-refractivity contribution in [3.05, 3.63) is 88.7 Å². The Labute approximate surface area is 205 Å². The highest BCUT2D eigenvalue weighted by atomic mass is 35.5. The van der Waals surface area contributed by atoms with Gasteiger partial charge in [0.05, 0.1) is 12.3 Å². The third-order valence-corrected chi connectivity index (χ3v) is 5.87. The second-order valence-corrected chi connectivity index (χ2v) is 8.50. The number of halogens is 2. The summed E-state index contributed by atoms with van der Waals surface area (Å²) in [6, 6.07) is 14.1. The topological polar surface area (TPSA) is 88.9 Å². The number of allylic oxidation sites excluding steroid dienone is 1. The molecule has 0 spiro atoms. The van der Waals surface area contributed by atoms with Crippen LogP contribution in [0.5, 0.6) is 0 Å². The van der Waals surface area contributed by atoms with Crippen molar-refractivity contribution in [1.82, 2.24) is 20.1 Å². The first-order chi connectivity index (χ1) is 16.0. The van der Waals surface area contributed by atoms with Crippen molar-refractivity contribution >= 4 is 58.5 Å². The van der Waals surface area contributed by atoms with Gasteiger partial charge in [0.15, 0.2) is 11.0 Å². The number of hydrogen-bond donors (Lipinski definition) is 2. The Balaban J connectivity index is 1.56. The molecule has 170 valence electrons. The first-order valence-corrected chi connectivity index (χ1v) is 11.6. The summed E-state index contributed by atoms with van der Waals surface area (Å²) < 4.78 is 1.80. The number of nitrogens with zero attached hydrogens (tertiary/aromatic N) is 3. The molecule has 7 nitrogen and oxygen atoms in total. The second kappa shape index (κ2) is 12.2. The van der Waals surface area contributed by atoms with E-state index in [1.807, 2.05) is 18.2 Å². The average molecular weight is 502 g/mol. The third kappa shape index (κ3) is 7.49. The smallest absolute Gasteiger partial charge is 0.244 e. The number of carbonyl (C=O) groups is 2. The number of aromatic nitrogens is 3. The van der Waals surface area contributed by atoms with Gasteiger partial charge in [0.2, 0.25) is 11.8 Å². The van der Waals surface area contributed by atoms with E-state index in [9.17, 15) is 9.59 Å². The molecular formula is C23H21Cl2N5O2S. The van der Waals surface area contributed by atoms with E-state index in [4.69, 9.17) is 23.2 Å². The zero-order valence-electron chi connectivity index (χ0n) is 17.5. The molecule has 0 radical (unpaired) electrons. The van der Waals surface area contributed by atoms with Crippen LogP contribution in [0.15, 0.2) is 72.4 Å². The first-order valence-electron chi connectivity index (χ1n) is 9.88. The SMILES string of the molecule is C=CCn1c(CNC(=O)/C=C/c2ccccc2Cl)nnc1SCC(=O)Nc1ccc(Cl)cc1. The number of hydrogen-bond acceptors (Lipinski definition) is 5. The standard InChI is InChI=1S/C23H21Cl2N5O2S/c1-2-13-30-20(14-26-21(31)12-7-16-5-3-4-6-19(16)25)28-29-23(30)33-15-22(32)27-18-10-8-17(24)9-11-18/h2-12H,1,13-15H2,(H,26,31)(H,27,32)/b12-7+. The molecule has 0 saturated carbocycles. The molecule has 2 aromatic carbocycles. The Bertz CT molecular complexity index is 1160. The lowest BCUT2D eigenvalue weighted by molar-refractivity contribution is -0.116. The molecule has 0 saturated heterocycles. The minimum atomic E-state index is -0.292. The summed E-state index contributed by atoms with van der Waals surface area (Å²) in [7, 11) is 0. The summed E-state index contributed by atoms with van der Waals surface area (Å²) >= 11 is 13.2. The zero-order valence-corrected chi connectivity index (χ0v) is 19.8. The Morgan fingerprint density at radius 3 is 2.58 bits per heavy atom. The Kier molecular flexibility index (Phi) is 9.12. The van der Waals surface area contributed by atoms with E-state index in [0.29, 0.717) is 33.3 Å². The Morgan fingerprint density at radius 2 is 1.85 bits per heavy atom. The van der Waals surface area contributed by atoms with E-state index in [2.05, 4.69) is 27.4 Å². The van der Waals surface area contributed by atoms with Crippen LogP contribution in [0.1, 0.15) is 11.4 Å². The Morgan fingerprint density at radius 1 is 1.09 bits per heavy atom. The third-order valence-electron chi connectivity index (χ3n) is 4.31. The lowest BCUT2D eigenvalue weighted by atomic mass is 10.2. The van der Waals surface area contributed by atoms with Crippen LogP contribution in [0.3, 0.4) is 0 Å². The van der Waals surface area contributed by atoms with E-state index in [-0.39, 0.29) is 24.1 Å². The maximum Gasteiger partial charge on any atom is 0.244 e. The first kappa shape index (κ1) is 24.6. The van der Waals surface area contributed by atoms with Gasteiger partial charge in [-0.1, -0.05) is 59.2 Å². The lowest BCUT2D eigenvalue weighted by Gasteiger charge is -2.08. The molecule has 0 aliphatic heterocycles. The predicted octanol–water partition coefficient (Wildman–Crippen LogP) is 4.83. The van der Waals surface area contributed by atoms with Crippen LogP contribution in [0.4, 0.5) is 5.69 Å². The van der Waals surface area contributed by atoms with E-state index < -0.39 is 0 Å². The van der Waals surface area contributed by atoms with Crippen molar-refractivity contribution in [2.45, 2.75) is 18.2 Å². The second-order valence-electron chi connectivity index (χ2n) is 6.71. The van der Waals surface area contributed by atoms with Crippen LogP contribution in [0.2, 0.25) is 10.0 Å². The van der Waals surface area contributed by atoms with Gasteiger partial charge >= 0.3 is 0 Å². The van der Waals surface area contributed by atoms with Crippen LogP contribution >= 0.6 is 35.0 Å². The summed E-state index contributed by atoms with van der Waals surface area (Å²) in [5.41, 5.74) is 1.41. The minimum absolute atomic E-state index is 0.144. The van der Waals surface area contributed by atoms with Gasteiger partial charge in [-0.15, -0.1) is 16.8 Å². The molecule has 0 atom stereocenters. The fourth-order valence-electron chi connectivity index (χ4n) is 2.73. The fraction of sp³-hybridized carbons (Fsp3) is 0.130. The molecule has 33 heavy (non-hydrogen) atoms. The summed E-state index contributed by atoms with van der Waals surface area (Å²) in [6.45, 7) is 4.37. The van der Waals surface area contributed by atoms with E-state index in [0.717, 1.165) is 5.56 Å². The number of anilines is 1. The minimum Gasteiger partial charge on any atom is -0.345 e. The van der Waals surface area contributed by atoms with Crippen molar-refractivity contribution in [2.24, 2.45) is 0 Å². The number of benzene rings is 2. The van der Waals surface area contributed by atoms with E-state index in [1.54, 1.807) is 47.1 Å². The monoisotopic (exact) mass is 501 g/mol. The number of thioether (sulfide) groups is 1. The molecule has 10 heteroatoms. The van der Waals surface area contributed by atoms with Gasteiger partial charge in [0.25, 0.3) is 0 Å². The maximum atomic E-state index is 12.3. The molecule has 1 heterocycles. The molecule has 0 aliphatic carbocycles.